The highest BCUT2D eigenvalue weighted by atomic mass is 35.5. The number of anilines is 1. The average Bonchev–Trinajstić information content (AvgIpc) is 2.72. The molecule has 3 aromatic carbocycles. The summed E-state index contributed by atoms with van der Waals surface area (Å²) >= 11 is 5.90. The lowest BCUT2D eigenvalue weighted by atomic mass is 10.1. The Morgan fingerprint density at radius 1 is 0.893 bits per heavy atom. The third-order valence-electron chi connectivity index (χ3n) is 4.20. The maximum Gasteiger partial charge on any atom is 0.333 e. The largest absolute Gasteiger partial charge is 0.333 e. The second-order valence-corrected chi connectivity index (χ2v) is 6.83. The van der Waals surface area contributed by atoms with Gasteiger partial charge in [0.2, 0.25) is 0 Å². The molecule has 3 rings (SSSR count). The van der Waals surface area contributed by atoms with E-state index in [1.807, 2.05) is 37.3 Å². The first-order chi connectivity index (χ1) is 13.5. The van der Waals surface area contributed by atoms with Gasteiger partial charge in [0, 0.05) is 10.6 Å². The zero-order chi connectivity index (χ0) is 19.9. The van der Waals surface area contributed by atoms with E-state index in [-0.39, 0.29) is 6.42 Å². The first-order valence-electron chi connectivity index (χ1n) is 8.94. The zero-order valence-electron chi connectivity index (χ0n) is 15.5. The number of halogens is 1. The molecule has 0 spiro atoms. The molecule has 5 heteroatoms. The minimum atomic E-state index is -0.480. The van der Waals surface area contributed by atoms with Crippen LogP contribution in [-0.4, -0.2) is 11.9 Å². The fourth-order valence-electron chi connectivity index (χ4n) is 2.63. The van der Waals surface area contributed by atoms with Crippen molar-refractivity contribution in [2.75, 3.05) is 5.06 Å². The number of para-hydroxylation sites is 1. The lowest BCUT2D eigenvalue weighted by Gasteiger charge is -2.21. The van der Waals surface area contributed by atoms with Gasteiger partial charge in [0.15, 0.2) is 0 Å². The molecular weight excluding hydrogens is 374 g/mol. The number of nitrogens with zero attached hydrogens (tertiary/aromatic N) is 1. The van der Waals surface area contributed by atoms with Gasteiger partial charge in [0.1, 0.15) is 0 Å². The van der Waals surface area contributed by atoms with Crippen LogP contribution in [0.1, 0.15) is 27.9 Å². The fraction of sp³-hybridized carbons (Fsp3) is 0.130. The molecule has 4 nitrogen and oxygen atoms in total. The molecule has 0 radical (unpaired) electrons. The van der Waals surface area contributed by atoms with E-state index in [1.165, 1.54) is 0 Å². The highest BCUT2D eigenvalue weighted by molar-refractivity contribution is 6.30. The summed E-state index contributed by atoms with van der Waals surface area (Å²) in [4.78, 5) is 30.8. The minimum absolute atomic E-state index is 0.167. The van der Waals surface area contributed by atoms with Crippen LogP contribution >= 0.6 is 11.6 Å². The highest BCUT2D eigenvalue weighted by Gasteiger charge is 2.22. The molecule has 0 aliphatic rings. The van der Waals surface area contributed by atoms with E-state index in [9.17, 15) is 9.59 Å². The lowest BCUT2D eigenvalue weighted by Crippen LogP contribution is -2.33. The predicted molar refractivity (Wildman–Crippen MR) is 110 cm³/mol. The summed E-state index contributed by atoms with van der Waals surface area (Å²) in [5.41, 5.74) is 3.05. The summed E-state index contributed by atoms with van der Waals surface area (Å²) in [6.45, 7) is 2.01. The van der Waals surface area contributed by atoms with Crippen molar-refractivity contribution in [1.82, 2.24) is 0 Å². The number of amides is 1. The second kappa shape index (κ2) is 9.20. The van der Waals surface area contributed by atoms with Gasteiger partial charge in [-0.3, -0.25) is 4.79 Å². The number of rotatable bonds is 5. The summed E-state index contributed by atoms with van der Waals surface area (Å²) in [6.07, 6.45) is 0.706. The van der Waals surface area contributed by atoms with Crippen LogP contribution in [0.15, 0.2) is 78.9 Å². The molecule has 0 heterocycles. The van der Waals surface area contributed by atoms with Gasteiger partial charge < -0.3 is 4.84 Å². The standard InChI is InChI=1S/C23H20ClNO3/c1-17-7-9-18(10-8-17)11-16-22(26)28-25(21-5-3-2-4-6-21)23(27)19-12-14-20(24)15-13-19/h2-10,12-15H,11,16H2,1H3. The molecule has 0 aliphatic heterocycles. The second-order valence-electron chi connectivity index (χ2n) is 6.39. The van der Waals surface area contributed by atoms with E-state index in [0.29, 0.717) is 22.7 Å². The van der Waals surface area contributed by atoms with Gasteiger partial charge in [-0.25, -0.2) is 4.79 Å². The number of hydroxylamine groups is 1. The van der Waals surface area contributed by atoms with Gasteiger partial charge in [-0.2, -0.15) is 0 Å². The van der Waals surface area contributed by atoms with Crippen molar-refractivity contribution in [3.8, 4) is 0 Å². The molecule has 0 N–H and O–H groups in total. The van der Waals surface area contributed by atoms with Crippen LogP contribution in [0.4, 0.5) is 5.69 Å². The number of carbonyl (C=O) groups is 2. The van der Waals surface area contributed by atoms with Crippen LogP contribution in [0, 0.1) is 6.92 Å². The first-order valence-corrected chi connectivity index (χ1v) is 9.32. The van der Waals surface area contributed by atoms with Gasteiger partial charge in [-0.1, -0.05) is 59.6 Å². The van der Waals surface area contributed by atoms with Gasteiger partial charge >= 0.3 is 5.97 Å². The first kappa shape index (κ1) is 19.6. The Balaban J connectivity index is 1.73. The topological polar surface area (TPSA) is 46.6 Å². The van der Waals surface area contributed by atoms with Gasteiger partial charge in [-0.15, -0.1) is 5.06 Å². The SMILES string of the molecule is Cc1ccc(CCC(=O)ON(C(=O)c2ccc(Cl)cc2)c2ccccc2)cc1. The van der Waals surface area contributed by atoms with E-state index < -0.39 is 11.9 Å². The summed E-state index contributed by atoms with van der Waals surface area (Å²) in [5.74, 6) is -0.918. The molecule has 0 saturated heterocycles. The van der Waals surface area contributed by atoms with Crippen molar-refractivity contribution in [3.63, 3.8) is 0 Å². The van der Waals surface area contributed by atoms with E-state index >= 15 is 0 Å². The Kier molecular flexibility index (Phi) is 6.45. The summed E-state index contributed by atoms with van der Waals surface area (Å²) in [6, 6.07) is 23.2. The molecule has 0 aliphatic carbocycles. The quantitative estimate of drug-likeness (QED) is 0.546. The van der Waals surface area contributed by atoms with Crippen molar-refractivity contribution >= 4 is 29.2 Å². The van der Waals surface area contributed by atoms with Gasteiger partial charge in [-0.05, 0) is 55.3 Å². The molecule has 3 aromatic rings. The van der Waals surface area contributed by atoms with E-state index in [4.69, 9.17) is 16.4 Å². The van der Waals surface area contributed by atoms with E-state index in [2.05, 4.69) is 0 Å². The van der Waals surface area contributed by atoms with Crippen molar-refractivity contribution in [1.29, 1.82) is 0 Å². The van der Waals surface area contributed by atoms with Crippen LogP contribution in [-0.2, 0) is 16.1 Å². The summed E-state index contributed by atoms with van der Waals surface area (Å²) in [7, 11) is 0. The normalized spacial score (nSPS) is 10.4. The number of aryl methyl sites for hydroxylation is 2. The molecule has 142 valence electrons. The maximum atomic E-state index is 12.9. The molecule has 0 unspecified atom stereocenters. The van der Waals surface area contributed by atoms with E-state index in [0.717, 1.165) is 16.2 Å². The van der Waals surface area contributed by atoms with Gasteiger partial charge in [0.25, 0.3) is 5.91 Å². The Labute approximate surface area is 169 Å². The molecule has 1 amide bonds. The molecule has 0 atom stereocenters. The minimum Gasteiger partial charge on any atom is -0.333 e. The van der Waals surface area contributed by atoms with Gasteiger partial charge in [0.05, 0.1) is 12.1 Å². The summed E-state index contributed by atoms with van der Waals surface area (Å²) < 4.78 is 0. The van der Waals surface area contributed by atoms with E-state index in [1.54, 1.807) is 48.5 Å². The lowest BCUT2D eigenvalue weighted by molar-refractivity contribution is -0.144. The van der Waals surface area contributed by atoms with Crippen LogP contribution in [0.2, 0.25) is 5.02 Å². The molecule has 0 fully saturated rings. The third kappa shape index (κ3) is 5.21. The Morgan fingerprint density at radius 3 is 2.18 bits per heavy atom. The Hall–Kier alpha value is -3.11. The molecule has 0 aromatic heterocycles. The third-order valence-corrected chi connectivity index (χ3v) is 4.45. The zero-order valence-corrected chi connectivity index (χ0v) is 16.2. The van der Waals surface area contributed by atoms with Crippen LogP contribution < -0.4 is 5.06 Å². The monoisotopic (exact) mass is 393 g/mol. The number of hydrogen-bond acceptors (Lipinski definition) is 3. The number of hydrogen-bond donors (Lipinski definition) is 0. The fourth-order valence-corrected chi connectivity index (χ4v) is 2.76. The average molecular weight is 394 g/mol. The number of benzene rings is 3. The maximum absolute atomic E-state index is 12.9. The Bertz CT molecular complexity index is 938. The Morgan fingerprint density at radius 2 is 1.54 bits per heavy atom. The predicted octanol–water partition coefficient (Wildman–Crippen LogP) is 5.39. The highest BCUT2D eigenvalue weighted by Crippen LogP contribution is 2.19. The summed E-state index contributed by atoms with van der Waals surface area (Å²) in [5, 5.41) is 1.55. The van der Waals surface area contributed by atoms with Crippen molar-refractivity contribution in [2.45, 2.75) is 19.8 Å². The molecule has 28 heavy (non-hydrogen) atoms. The number of carbonyl (C=O) groups excluding carboxylic acids is 2. The van der Waals surface area contributed by atoms with Crippen molar-refractivity contribution < 1.29 is 14.4 Å². The molecule has 0 bridgehead atoms. The smallest absolute Gasteiger partial charge is 0.333 e. The van der Waals surface area contributed by atoms with Crippen LogP contribution in [0.5, 0.6) is 0 Å². The van der Waals surface area contributed by atoms with Crippen molar-refractivity contribution in [3.05, 3.63) is 101 Å². The van der Waals surface area contributed by atoms with Crippen LogP contribution in [0.3, 0.4) is 0 Å². The van der Waals surface area contributed by atoms with Crippen LogP contribution in [0.25, 0.3) is 0 Å². The van der Waals surface area contributed by atoms with Crippen molar-refractivity contribution in [2.24, 2.45) is 0 Å². The molecular formula is C23H20ClNO3. The molecule has 0 saturated carbocycles.